The molecular formula is C15H19FO4. The SMILES string of the molecule is COCO[C@H]1COC[C@]2(c3ccccc3F)COC[C@H]12. The third kappa shape index (κ3) is 2.24. The summed E-state index contributed by atoms with van der Waals surface area (Å²) in [5, 5.41) is 0. The Bertz CT molecular complexity index is 467. The van der Waals surface area contributed by atoms with Gasteiger partial charge in [-0.3, -0.25) is 0 Å². The van der Waals surface area contributed by atoms with Gasteiger partial charge in [0.25, 0.3) is 0 Å². The Balaban J connectivity index is 1.92. The number of hydrogen-bond donors (Lipinski definition) is 0. The zero-order valence-electron chi connectivity index (χ0n) is 11.5. The molecule has 3 atom stereocenters. The molecule has 110 valence electrons. The zero-order valence-corrected chi connectivity index (χ0v) is 11.5. The Kier molecular flexibility index (Phi) is 4.03. The molecule has 0 aromatic heterocycles. The van der Waals surface area contributed by atoms with E-state index in [1.54, 1.807) is 13.2 Å². The molecule has 2 aliphatic heterocycles. The average Bonchev–Trinajstić information content (AvgIpc) is 2.91. The summed E-state index contributed by atoms with van der Waals surface area (Å²) in [6.07, 6.45) is -0.134. The highest BCUT2D eigenvalue weighted by molar-refractivity contribution is 5.31. The van der Waals surface area contributed by atoms with Crippen molar-refractivity contribution >= 4 is 0 Å². The highest BCUT2D eigenvalue weighted by Gasteiger charge is 2.53. The Morgan fingerprint density at radius 3 is 2.75 bits per heavy atom. The van der Waals surface area contributed by atoms with Crippen molar-refractivity contribution in [2.24, 2.45) is 5.92 Å². The van der Waals surface area contributed by atoms with Crippen LogP contribution in [-0.2, 0) is 24.4 Å². The van der Waals surface area contributed by atoms with Gasteiger partial charge in [0.1, 0.15) is 12.6 Å². The van der Waals surface area contributed by atoms with Crippen LogP contribution in [0, 0.1) is 11.7 Å². The summed E-state index contributed by atoms with van der Waals surface area (Å²) in [5.41, 5.74) is 0.204. The van der Waals surface area contributed by atoms with E-state index < -0.39 is 5.41 Å². The first-order valence-corrected chi connectivity index (χ1v) is 6.79. The summed E-state index contributed by atoms with van der Waals surface area (Å²) in [7, 11) is 1.58. The van der Waals surface area contributed by atoms with Crippen LogP contribution >= 0.6 is 0 Å². The molecule has 0 amide bonds. The van der Waals surface area contributed by atoms with Gasteiger partial charge in [-0.05, 0) is 11.6 Å². The lowest BCUT2D eigenvalue weighted by Crippen LogP contribution is -2.52. The number of ether oxygens (including phenoxy) is 4. The lowest BCUT2D eigenvalue weighted by molar-refractivity contribution is -0.153. The smallest absolute Gasteiger partial charge is 0.146 e. The monoisotopic (exact) mass is 282 g/mol. The Hall–Kier alpha value is -1.01. The molecule has 0 radical (unpaired) electrons. The molecule has 0 spiro atoms. The lowest BCUT2D eigenvalue weighted by atomic mass is 9.69. The molecule has 4 nitrogen and oxygen atoms in total. The van der Waals surface area contributed by atoms with Gasteiger partial charge in [-0.25, -0.2) is 4.39 Å². The summed E-state index contributed by atoms with van der Waals surface area (Å²) in [4.78, 5) is 0. The molecule has 1 aromatic rings. The number of methoxy groups -OCH3 is 1. The molecule has 2 fully saturated rings. The van der Waals surface area contributed by atoms with E-state index in [0.29, 0.717) is 32.0 Å². The molecule has 0 saturated carbocycles. The molecule has 0 N–H and O–H groups in total. The van der Waals surface area contributed by atoms with E-state index in [2.05, 4.69) is 0 Å². The maximum atomic E-state index is 14.2. The summed E-state index contributed by atoms with van der Waals surface area (Å²) >= 11 is 0. The fraction of sp³-hybridized carbons (Fsp3) is 0.600. The van der Waals surface area contributed by atoms with Gasteiger partial charge in [0.05, 0.1) is 37.9 Å². The van der Waals surface area contributed by atoms with Crippen molar-refractivity contribution in [3.63, 3.8) is 0 Å². The van der Waals surface area contributed by atoms with Gasteiger partial charge in [-0.15, -0.1) is 0 Å². The minimum atomic E-state index is -0.456. The summed E-state index contributed by atoms with van der Waals surface area (Å²) in [6.45, 7) is 2.19. The molecule has 0 unspecified atom stereocenters. The molecule has 5 heteroatoms. The molecule has 2 saturated heterocycles. The summed E-state index contributed by atoms with van der Waals surface area (Å²) in [5.74, 6) is -0.123. The van der Waals surface area contributed by atoms with Crippen LogP contribution in [0.2, 0.25) is 0 Å². The minimum absolute atomic E-state index is 0.0864. The zero-order chi connectivity index (χ0) is 14.0. The van der Waals surface area contributed by atoms with Gasteiger partial charge in [0, 0.05) is 13.0 Å². The van der Waals surface area contributed by atoms with Gasteiger partial charge >= 0.3 is 0 Å². The fourth-order valence-electron chi connectivity index (χ4n) is 3.26. The predicted octanol–water partition coefficient (Wildman–Crippen LogP) is 1.73. The number of benzene rings is 1. The number of rotatable bonds is 4. The van der Waals surface area contributed by atoms with Crippen LogP contribution in [0.3, 0.4) is 0 Å². The topological polar surface area (TPSA) is 36.9 Å². The summed E-state index contributed by atoms with van der Waals surface area (Å²) in [6, 6.07) is 6.85. The van der Waals surface area contributed by atoms with E-state index in [1.165, 1.54) is 6.07 Å². The van der Waals surface area contributed by atoms with Crippen LogP contribution in [0.4, 0.5) is 4.39 Å². The Morgan fingerprint density at radius 2 is 2.00 bits per heavy atom. The third-order valence-corrected chi connectivity index (χ3v) is 4.27. The normalized spacial score (nSPS) is 33.1. The van der Waals surface area contributed by atoms with Gasteiger partial charge in [-0.1, -0.05) is 18.2 Å². The van der Waals surface area contributed by atoms with E-state index in [9.17, 15) is 4.39 Å². The number of hydrogen-bond acceptors (Lipinski definition) is 4. The number of halogens is 1. The van der Waals surface area contributed by atoms with Crippen molar-refractivity contribution in [3.8, 4) is 0 Å². The van der Waals surface area contributed by atoms with Crippen molar-refractivity contribution in [1.82, 2.24) is 0 Å². The highest BCUT2D eigenvalue weighted by atomic mass is 19.1. The minimum Gasteiger partial charge on any atom is -0.380 e. The highest BCUT2D eigenvalue weighted by Crippen LogP contribution is 2.44. The van der Waals surface area contributed by atoms with E-state index >= 15 is 0 Å². The molecule has 1 aromatic carbocycles. The number of fused-ring (bicyclic) bond motifs is 1. The first-order chi connectivity index (χ1) is 9.78. The van der Waals surface area contributed by atoms with Crippen LogP contribution in [0.1, 0.15) is 5.56 Å². The van der Waals surface area contributed by atoms with Gasteiger partial charge in [0.2, 0.25) is 0 Å². The average molecular weight is 282 g/mol. The molecule has 2 heterocycles. The van der Waals surface area contributed by atoms with Gasteiger partial charge in [-0.2, -0.15) is 0 Å². The maximum Gasteiger partial charge on any atom is 0.146 e. The molecule has 3 rings (SSSR count). The second-order valence-corrected chi connectivity index (χ2v) is 5.38. The van der Waals surface area contributed by atoms with Gasteiger partial charge in [0.15, 0.2) is 0 Å². The quantitative estimate of drug-likeness (QED) is 0.788. The van der Waals surface area contributed by atoms with E-state index in [4.69, 9.17) is 18.9 Å². The first kappa shape index (κ1) is 13.9. The molecule has 0 aliphatic carbocycles. The summed E-state index contributed by atoms with van der Waals surface area (Å²) < 4.78 is 36.2. The Labute approximate surface area is 117 Å². The van der Waals surface area contributed by atoms with Crippen LogP contribution < -0.4 is 0 Å². The third-order valence-electron chi connectivity index (χ3n) is 4.27. The first-order valence-electron chi connectivity index (χ1n) is 6.79. The largest absolute Gasteiger partial charge is 0.380 e. The molecule has 20 heavy (non-hydrogen) atoms. The van der Waals surface area contributed by atoms with Gasteiger partial charge < -0.3 is 18.9 Å². The standard InChI is InChI=1S/C15H19FO4/c1-17-10-20-14-7-19-9-15(8-18-6-12(14)15)11-4-2-3-5-13(11)16/h2-5,12,14H,6-10H2,1H3/t12-,14+,15+/m1/s1. The van der Waals surface area contributed by atoms with Crippen molar-refractivity contribution in [3.05, 3.63) is 35.6 Å². The van der Waals surface area contributed by atoms with Crippen LogP contribution in [0.25, 0.3) is 0 Å². The Morgan fingerprint density at radius 1 is 1.25 bits per heavy atom. The van der Waals surface area contributed by atoms with E-state index in [0.717, 1.165) is 0 Å². The van der Waals surface area contributed by atoms with Crippen LogP contribution in [0.15, 0.2) is 24.3 Å². The molecule has 0 bridgehead atoms. The molecule has 2 aliphatic rings. The van der Waals surface area contributed by atoms with Crippen LogP contribution in [0.5, 0.6) is 0 Å². The fourth-order valence-corrected chi connectivity index (χ4v) is 3.26. The lowest BCUT2D eigenvalue weighted by Gasteiger charge is -2.42. The second-order valence-electron chi connectivity index (χ2n) is 5.38. The van der Waals surface area contributed by atoms with Crippen molar-refractivity contribution < 1.29 is 23.3 Å². The maximum absolute atomic E-state index is 14.2. The van der Waals surface area contributed by atoms with Crippen molar-refractivity contribution in [1.29, 1.82) is 0 Å². The van der Waals surface area contributed by atoms with Crippen LogP contribution in [-0.4, -0.2) is 46.4 Å². The van der Waals surface area contributed by atoms with E-state index in [1.807, 2.05) is 12.1 Å². The second kappa shape index (κ2) is 5.77. The molecular weight excluding hydrogens is 263 g/mol. The van der Waals surface area contributed by atoms with Crippen molar-refractivity contribution in [2.75, 3.05) is 40.3 Å². The van der Waals surface area contributed by atoms with Crippen molar-refractivity contribution in [2.45, 2.75) is 11.5 Å². The predicted molar refractivity (Wildman–Crippen MR) is 70.0 cm³/mol. The van der Waals surface area contributed by atoms with E-state index in [-0.39, 0.29) is 24.6 Å².